The molecule has 42 heavy (non-hydrogen) atoms. The van der Waals surface area contributed by atoms with Crippen molar-refractivity contribution in [3.63, 3.8) is 0 Å². The first-order chi connectivity index (χ1) is 20.0. The van der Waals surface area contributed by atoms with Crippen molar-refractivity contribution in [2.24, 2.45) is 12.2 Å². The van der Waals surface area contributed by atoms with E-state index < -0.39 is 41.3 Å². The second-order valence-electron chi connectivity index (χ2n) is 8.98. The Bertz CT molecular complexity index is 1690. The number of hydrogen-bond acceptors (Lipinski definition) is 14. The molecule has 3 atom stereocenters. The number of carboxylic acids is 2. The highest BCUT2D eigenvalue weighted by Crippen LogP contribution is 2.41. The fourth-order valence-corrected chi connectivity index (χ4v) is 7.05. The number of hydrogen-bond donors (Lipinski definition) is 5. The number of carbonyl (C=O) groups is 4. The van der Waals surface area contributed by atoms with Crippen molar-refractivity contribution < 1.29 is 38.8 Å². The molecule has 7 N–H and O–H groups in total. The Balaban J connectivity index is 1.34. The van der Waals surface area contributed by atoms with Gasteiger partial charge in [-0.3, -0.25) is 14.5 Å². The summed E-state index contributed by atoms with van der Waals surface area (Å²) in [5, 5.41) is 30.9. The highest BCUT2D eigenvalue weighted by Gasteiger charge is 2.54. The quantitative estimate of drug-likeness (QED) is 0.0443. The Kier molecular flexibility index (Phi) is 7.93. The van der Waals surface area contributed by atoms with E-state index in [2.05, 4.69) is 25.5 Å². The highest BCUT2D eigenvalue weighted by atomic mass is 32.2. The van der Waals surface area contributed by atoms with Crippen LogP contribution < -0.4 is 21.4 Å². The molecule has 1 fully saturated rings. The Labute approximate surface area is 248 Å². The summed E-state index contributed by atoms with van der Waals surface area (Å²) in [5.74, 6) is -3.38. The molecule has 2 aliphatic heterocycles. The third kappa shape index (κ3) is 5.42. The van der Waals surface area contributed by atoms with Crippen LogP contribution in [-0.2, 0) is 31.1 Å². The number of thiazole rings is 1. The van der Waals surface area contributed by atoms with Crippen LogP contribution in [0.15, 0.2) is 39.4 Å². The van der Waals surface area contributed by atoms with Gasteiger partial charge in [0.1, 0.15) is 28.6 Å². The number of nitrogens with one attached hydrogen (secondary N) is 1. The molecule has 17 nitrogen and oxygen atoms in total. The number of aromatic nitrogens is 5. The Morgan fingerprint density at radius 2 is 2.10 bits per heavy atom. The molecule has 3 aromatic rings. The van der Waals surface area contributed by atoms with Crippen LogP contribution in [0.1, 0.15) is 12.6 Å². The number of thioether (sulfide) groups is 2. The number of aliphatic carboxylic acids is 2. The normalized spacial score (nSPS) is 19.3. The van der Waals surface area contributed by atoms with Crippen LogP contribution in [0.25, 0.3) is 5.65 Å². The van der Waals surface area contributed by atoms with E-state index in [1.807, 2.05) is 0 Å². The summed E-state index contributed by atoms with van der Waals surface area (Å²) in [7, 11) is 1.80. The summed E-state index contributed by atoms with van der Waals surface area (Å²) in [5.41, 5.74) is 12.2. The minimum atomic E-state index is -1.37. The van der Waals surface area contributed by atoms with Gasteiger partial charge in [-0.15, -0.1) is 23.1 Å². The summed E-state index contributed by atoms with van der Waals surface area (Å²) >= 11 is 3.52. The first-order valence-corrected chi connectivity index (χ1v) is 14.9. The molecule has 2 amide bonds. The van der Waals surface area contributed by atoms with Gasteiger partial charge in [-0.2, -0.15) is 4.98 Å². The van der Waals surface area contributed by atoms with E-state index >= 15 is 0 Å². The van der Waals surface area contributed by atoms with Crippen molar-refractivity contribution >= 4 is 80.9 Å². The molecule has 0 spiro atoms. The standard InChI is InChI=1S/C22H22N10O7S3/c1-8(19(35)36)39-29-13(10-6-41-21(24)26-10)16(33)28-14-17(34)31-15(20(37)38)9(4-40-18(14)31)5-42-22-27-11(23)3-12-30(2)7-25-32(12)22/h3,6-8,14,18,23H,4-5H2,1-2H3,(H5,24,26,28,33,35,36,37,38)/p+1/b29-13-/t8-,14?,18+/m0/s1. The minimum absolute atomic E-state index is 0.0213. The number of β-lactam (4-membered cyclic amide) rings is 1. The number of nitrogens with zero attached hydrogens (tertiary/aromatic N) is 7. The molecule has 0 radical (unpaired) electrons. The van der Waals surface area contributed by atoms with Gasteiger partial charge in [-0.1, -0.05) is 16.9 Å². The van der Waals surface area contributed by atoms with Crippen LogP contribution in [-0.4, -0.2) is 93.2 Å². The zero-order chi connectivity index (χ0) is 30.3. The number of carbonyl (C=O) groups excluding carboxylic acids is 2. The molecule has 1 unspecified atom stereocenters. The SMILES string of the molecule is C[C@H](O/N=C(\C(=O)NC1C(=O)N2C(C(=O)O)=C(CSc3nc(N)cc4n3nc[n+]4C)CS[C@H]12)c1csc(N)n1)C(=O)O. The average Bonchev–Trinajstić information content (AvgIpc) is 3.54. The summed E-state index contributed by atoms with van der Waals surface area (Å²) < 4.78 is 3.34. The lowest BCUT2D eigenvalue weighted by Gasteiger charge is -2.49. The second-order valence-corrected chi connectivity index (χ2v) is 11.9. The van der Waals surface area contributed by atoms with E-state index in [-0.39, 0.29) is 39.6 Å². The second kappa shape index (κ2) is 11.4. The van der Waals surface area contributed by atoms with E-state index in [1.165, 1.54) is 35.8 Å². The molecular formula is C22H23N10O7S3+. The molecule has 5 heterocycles. The van der Waals surface area contributed by atoms with Gasteiger partial charge in [0, 0.05) is 22.0 Å². The molecular weight excluding hydrogens is 613 g/mol. The first kappa shape index (κ1) is 29.1. The zero-order valence-electron chi connectivity index (χ0n) is 21.8. The molecule has 220 valence electrons. The lowest BCUT2D eigenvalue weighted by Crippen LogP contribution is -2.71. The van der Waals surface area contributed by atoms with Crippen molar-refractivity contribution in [2.75, 3.05) is 23.0 Å². The number of aryl methyl sites for hydroxylation is 1. The summed E-state index contributed by atoms with van der Waals surface area (Å²) in [4.78, 5) is 64.1. The zero-order valence-corrected chi connectivity index (χ0v) is 24.3. The van der Waals surface area contributed by atoms with Crippen LogP contribution in [0.4, 0.5) is 10.9 Å². The van der Waals surface area contributed by atoms with E-state index in [1.54, 1.807) is 28.5 Å². The molecule has 5 rings (SSSR count). The third-order valence-electron chi connectivity index (χ3n) is 6.14. The maximum Gasteiger partial charge on any atom is 0.352 e. The summed E-state index contributed by atoms with van der Waals surface area (Å²) in [6, 6.07) is 0.578. The van der Waals surface area contributed by atoms with Gasteiger partial charge in [-0.05, 0) is 17.0 Å². The van der Waals surface area contributed by atoms with Gasteiger partial charge in [0.15, 0.2) is 10.8 Å². The van der Waals surface area contributed by atoms with Crippen LogP contribution in [0.2, 0.25) is 0 Å². The first-order valence-electron chi connectivity index (χ1n) is 12.0. The topological polar surface area (TPSA) is 245 Å². The molecule has 2 aliphatic rings. The average molecular weight is 636 g/mol. The van der Waals surface area contributed by atoms with Crippen LogP contribution in [0.5, 0.6) is 0 Å². The Morgan fingerprint density at radius 1 is 1.33 bits per heavy atom. The predicted molar refractivity (Wildman–Crippen MR) is 150 cm³/mol. The number of oxime groups is 1. The van der Waals surface area contributed by atoms with Gasteiger partial charge < -0.3 is 31.8 Å². The van der Waals surface area contributed by atoms with Gasteiger partial charge >= 0.3 is 11.9 Å². The fraction of sp³-hybridized carbons (Fsp3) is 0.318. The van der Waals surface area contributed by atoms with Crippen LogP contribution in [0.3, 0.4) is 0 Å². The third-order valence-corrected chi connectivity index (χ3v) is 9.17. The maximum atomic E-state index is 13.2. The predicted octanol–water partition coefficient (Wildman–Crippen LogP) is -1.10. The van der Waals surface area contributed by atoms with Crippen molar-refractivity contribution in [1.29, 1.82) is 0 Å². The minimum Gasteiger partial charge on any atom is -0.478 e. The Morgan fingerprint density at radius 3 is 2.76 bits per heavy atom. The van der Waals surface area contributed by atoms with E-state index in [4.69, 9.17) is 21.4 Å². The fourth-order valence-electron chi connectivity index (χ4n) is 4.06. The maximum absolute atomic E-state index is 13.2. The number of anilines is 2. The van der Waals surface area contributed by atoms with Crippen LogP contribution in [0, 0.1) is 0 Å². The summed E-state index contributed by atoms with van der Waals surface area (Å²) in [6.45, 7) is 1.22. The molecule has 0 aromatic carbocycles. The lowest BCUT2D eigenvalue weighted by molar-refractivity contribution is -0.646. The molecule has 0 aliphatic carbocycles. The van der Waals surface area contributed by atoms with Crippen molar-refractivity contribution in [2.45, 2.75) is 29.6 Å². The van der Waals surface area contributed by atoms with E-state index in [0.717, 1.165) is 16.2 Å². The monoisotopic (exact) mass is 635 g/mol. The van der Waals surface area contributed by atoms with Crippen molar-refractivity contribution in [3.8, 4) is 0 Å². The molecule has 20 heteroatoms. The van der Waals surface area contributed by atoms with Gasteiger partial charge in [0.2, 0.25) is 6.10 Å². The largest absolute Gasteiger partial charge is 0.478 e. The number of fused-ring (bicyclic) bond motifs is 2. The van der Waals surface area contributed by atoms with Gasteiger partial charge in [0.25, 0.3) is 28.9 Å². The van der Waals surface area contributed by atoms with E-state index in [0.29, 0.717) is 16.4 Å². The van der Waals surface area contributed by atoms with Crippen molar-refractivity contribution in [3.05, 3.63) is 34.7 Å². The highest BCUT2D eigenvalue weighted by molar-refractivity contribution is 8.01. The molecule has 0 bridgehead atoms. The van der Waals surface area contributed by atoms with Crippen molar-refractivity contribution in [1.82, 2.24) is 29.8 Å². The molecule has 3 aromatic heterocycles. The number of nitrogen functional groups attached to an aromatic ring is 2. The lowest BCUT2D eigenvalue weighted by atomic mass is 10.0. The van der Waals surface area contributed by atoms with E-state index in [9.17, 15) is 24.3 Å². The molecule has 1 saturated heterocycles. The smallest absolute Gasteiger partial charge is 0.352 e. The van der Waals surface area contributed by atoms with Gasteiger partial charge in [-0.25, -0.2) is 19.1 Å². The Hall–Kier alpha value is -4.43. The number of rotatable bonds is 10. The summed E-state index contributed by atoms with van der Waals surface area (Å²) in [6.07, 6.45) is 0.224. The molecule has 0 saturated carbocycles. The number of carboxylic acid groups (broad SMARTS) is 2. The van der Waals surface area contributed by atoms with Gasteiger partial charge in [0.05, 0.1) is 13.1 Å². The number of amides is 2. The number of nitrogens with two attached hydrogens (primary N) is 2. The van der Waals surface area contributed by atoms with Crippen LogP contribution >= 0.6 is 34.9 Å².